The molecule has 0 spiro atoms. The number of aromatic nitrogens is 3. The molecule has 4 N–H and O–H groups in total. The van der Waals surface area contributed by atoms with Gasteiger partial charge < -0.3 is 54.8 Å². The first kappa shape index (κ1) is 85.0. The minimum atomic E-state index is -4.53. The summed E-state index contributed by atoms with van der Waals surface area (Å²) in [5, 5.41) is 12.1. The lowest BCUT2D eigenvalue weighted by molar-refractivity contribution is -0.138. The number of alkyl halides is 9. The molecule has 0 atom stereocenters. The third-order valence-electron chi connectivity index (χ3n) is 14.1. The molecule has 0 aliphatic heterocycles. The highest BCUT2D eigenvalue weighted by molar-refractivity contribution is 7.98. The third kappa shape index (κ3) is 26.2. The van der Waals surface area contributed by atoms with Crippen molar-refractivity contribution >= 4 is 69.5 Å². The van der Waals surface area contributed by atoms with Crippen LogP contribution in [0.15, 0.2) is 138 Å². The molecule has 0 radical (unpaired) electrons. The zero-order chi connectivity index (χ0) is 74.6. The van der Waals surface area contributed by atoms with Crippen LogP contribution >= 0.6 is 23.1 Å². The van der Waals surface area contributed by atoms with Crippen LogP contribution in [-0.2, 0) is 24.9 Å². The van der Waals surface area contributed by atoms with E-state index in [2.05, 4.69) is 36.2 Å². The summed E-state index contributed by atoms with van der Waals surface area (Å²) < 4.78 is 145. The molecule has 0 aliphatic carbocycles. The zero-order valence-electron chi connectivity index (χ0n) is 57.9. The number of benzene rings is 5. The van der Waals surface area contributed by atoms with E-state index in [1.54, 1.807) is 49.7 Å². The second kappa shape index (κ2) is 40.9. The van der Waals surface area contributed by atoms with Gasteiger partial charge in [-0.1, -0.05) is 63.2 Å². The summed E-state index contributed by atoms with van der Waals surface area (Å²) in [6.45, 7) is 14.7. The average Bonchev–Trinajstić information content (AvgIpc) is 1.15. The molecule has 0 aliphatic rings. The van der Waals surface area contributed by atoms with Crippen LogP contribution in [0, 0.1) is 20.8 Å². The van der Waals surface area contributed by atoms with Gasteiger partial charge in [-0.15, -0.1) is 23.1 Å². The lowest BCUT2D eigenvalue weighted by atomic mass is 10.1. The Hall–Kier alpha value is -9.45. The van der Waals surface area contributed by atoms with Gasteiger partial charge in [0.15, 0.2) is 5.56 Å². The van der Waals surface area contributed by atoms with Crippen LogP contribution in [0.1, 0.15) is 128 Å². The number of thioether (sulfide) groups is 1. The van der Waals surface area contributed by atoms with E-state index in [1.807, 2.05) is 94.5 Å². The van der Waals surface area contributed by atoms with E-state index in [0.29, 0.717) is 71.7 Å². The van der Waals surface area contributed by atoms with Gasteiger partial charge in [-0.25, -0.2) is 9.97 Å². The number of amides is 4. The smallest absolute Gasteiger partial charge is 0.416 e. The number of unbranched alkanes of at least 4 members (excludes halogenated alkanes) is 1. The van der Waals surface area contributed by atoms with Gasteiger partial charge in [0.25, 0.3) is 23.6 Å². The Bertz CT molecular complexity index is 4010. The first-order valence-corrected chi connectivity index (χ1v) is 33.8. The molecule has 0 unspecified atom stereocenters. The Morgan fingerprint density at radius 2 is 0.931 bits per heavy atom. The van der Waals surface area contributed by atoms with E-state index in [9.17, 15) is 58.7 Å². The number of nitrogens with zero attached hydrogens (tertiary/aromatic N) is 5. The van der Waals surface area contributed by atoms with Crippen LogP contribution < -0.4 is 45.0 Å². The second-order valence-electron chi connectivity index (χ2n) is 22.4. The van der Waals surface area contributed by atoms with Crippen LogP contribution in [-0.4, -0.2) is 129 Å². The molecule has 3 heterocycles. The molecule has 0 saturated carbocycles. The van der Waals surface area contributed by atoms with Crippen molar-refractivity contribution in [2.75, 3.05) is 102 Å². The Morgan fingerprint density at radius 1 is 0.490 bits per heavy atom. The average molecular weight is 1470 g/mol. The van der Waals surface area contributed by atoms with Gasteiger partial charge >= 0.3 is 18.5 Å². The number of hydrogen-bond acceptors (Lipinski definition) is 16. The summed E-state index contributed by atoms with van der Waals surface area (Å²) in [7, 11) is 7.67. The van der Waals surface area contributed by atoms with Gasteiger partial charge in [-0.2, -0.15) is 39.5 Å². The number of carbonyl (C=O) groups excluding carboxylic acids is 4. The van der Waals surface area contributed by atoms with Crippen LogP contribution in [0.5, 0.6) is 29.0 Å². The number of likely N-dealkylation sites (N-methyl/N-ethyl adjacent to an activating group) is 2. The normalized spacial score (nSPS) is 11.1. The largest absolute Gasteiger partial charge is 0.493 e. The Morgan fingerprint density at radius 3 is 1.40 bits per heavy atom. The van der Waals surface area contributed by atoms with Crippen molar-refractivity contribution in [3.63, 3.8) is 0 Å². The molecular weight excluding hydrogens is 1380 g/mol. The molecule has 102 heavy (non-hydrogen) atoms. The lowest BCUT2D eigenvalue weighted by Crippen LogP contribution is -2.22. The number of hydrogen-bond donors (Lipinski definition) is 4. The highest BCUT2D eigenvalue weighted by Crippen LogP contribution is 2.38. The fourth-order valence-electron chi connectivity index (χ4n) is 9.17. The standard InChI is InChI=1S/C19H23F3N4O3.C19H21F3N2OS.C19H24N2O3.C15H14F3NO2S.CH4/c1-5-28-17-15(18(24-11-23-17)29-9-8-26(3)4)16(27)25-13-7-6-12(2)14(10-13)19(20,21)22;1-4-5-6-15-17(16(26-3)9-10-23-15)18(25)24-13-8-7-12(2)14(11-13)19(20,21)22;1-4-23-16-11-8-12-17(24-14-13-21(2)3)18(16)19(22)20-15-9-6-5-7-10-15;1-3-21-12-6-7-22-13(12)14(20)19-10-5-4-9(2)11(8-10)15(16,17)18;/h6-7,10-11H,5,8-9H2,1-4H3,(H,25,27);7-11H,4-6H2,1-3H3,(H,24,25);5-12H,4,13-14H2,1-3H3,(H,20,22);4-8H,3H2,1-2H3,(H,19,20);1H4. The van der Waals surface area contributed by atoms with Gasteiger partial charge in [-0.3, -0.25) is 24.2 Å². The number of halogens is 9. The fraction of sp³-hybridized carbons (Fsp3) is 0.356. The lowest BCUT2D eigenvalue weighted by Gasteiger charge is -2.17. The molecule has 0 fully saturated rings. The van der Waals surface area contributed by atoms with Gasteiger partial charge in [0, 0.05) is 46.9 Å². The summed E-state index contributed by atoms with van der Waals surface area (Å²) >= 11 is 2.58. The predicted octanol–water partition coefficient (Wildman–Crippen LogP) is 17.8. The number of para-hydroxylation sites is 1. The number of ether oxygens (including phenoxy) is 5. The summed E-state index contributed by atoms with van der Waals surface area (Å²) in [5.41, 5.74) is 0.302. The van der Waals surface area contributed by atoms with E-state index < -0.39 is 52.9 Å². The van der Waals surface area contributed by atoms with E-state index >= 15 is 0 Å². The van der Waals surface area contributed by atoms with Crippen molar-refractivity contribution in [3.8, 4) is 29.0 Å². The summed E-state index contributed by atoms with van der Waals surface area (Å²) in [4.78, 5) is 67.7. The van der Waals surface area contributed by atoms with E-state index in [4.69, 9.17) is 23.7 Å². The SMILES string of the molecule is C.CCCCc1nccc(SC)c1C(=O)Nc1ccc(C)c(C(F)(F)F)c1.CCOc1cccc(OCCN(C)C)c1C(=O)Nc1ccccc1.CCOc1ccsc1C(=O)Nc1ccc(C)c(C(F)(F)F)c1.CCOc1ncnc(OCCN(C)C)c1C(=O)Nc1ccc(C)c(C(F)(F)F)c1. The number of thiophene rings is 1. The first-order chi connectivity index (χ1) is 47.8. The summed E-state index contributed by atoms with van der Waals surface area (Å²) in [6, 6.07) is 29.2. The second-order valence-corrected chi connectivity index (χ2v) is 24.2. The maximum absolute atomic E-state index is 13.1. The summed E-state index contributed by atoms with van der Waals surface area (Å²) in [5.74, 6) is -0.455. The highest BCUT2D eigenvalue weighted by atomic mass is 32.2. The van der Waals surface area contributed by atoms with Gasteiger partial charge in [0.05, 0.1) is 47.8 Å². The maximum atomic E-state index is 13.1. The van der Waals surface area contributed by atoms with E-state index in [-0.39, 0.29) is 77.6 Å². The summed E-state index contributed by atoms with van der Waals surface area (Å²) in [6.07, 6.45) is -6.26. The molecule has 8 rings (SSSR count). The molecule has 0 saturated heterocycles. The van der Waals surface area contributed by atoms with Crippen molar-refractivity contribution in [1.29, 1.82) is 0 Å². The monoisotopic (exact) mass is 1470 g/mol. The molecule has 8 aromatic rings. The zero-order valence-corrected chi connectivity index (χ0v) is 59.5. The van der Waals surface area contributed by atoms with Gasteiger partial charge in [0.1, 0.15) is 47.2 Å². The van der Waals surface area contributed by atoms with Crippen molar-refractivity contribution in [2.24, 2.45) is 0 Å². The van der Waals surface area contributed by atoms with Crippen molar-refractivity contribution < 1.29 is 82.4 Å². The molecule has 3 aromatic heterocycles. The topological polar surface area (TPSA) is 208 Å². The molecule has 0 bridgehead atoms. The molecule has 5 aromatic carbocycles. The molecule has 29 heteroatoms. The number of pyridine rings is 1. The van der Waals surface area contributed by atoms with Crippen LogP contribution in [0.25, 0.3) is 0 Å². The number of rotatable bonds is 26. The molecule has 18 nitrogen and oxygen atoms in total. The minimum Gasteiger partial charge on any atom is -0.493 e. The fourth-order valence-corrected chi connectivity index (χ4v) is 10.5. The number of carbonyl (C=O) groups is 4. The van der Waals surface area contributed by atoms with Gasteiger partial charge in [0.2, 0.25) is 11.8 Å². The number of nitrogens with one attached hydrogen (secondary N) is 4. The Labute approximate surface area is 597 Å². The molecular formula is C73H86F9N9O9S2. The van der Waals surface area contributed by atoms with E-state index in [1.165, 1.54) is 86.6 Å². The maximum Gasteiger partial charge on any atom is 0.416 e. The van der Waals surface area contributed by atoms with Crippen LogP contribution in [0.3, 0.4) is 0 Å². The Kier molecular flexibility index (Phi) is 34.0. The quantitative estimate of drug-likeness (QED) is 0.0294. The van der Waals surface area contributed by atoms with Gasteiger partial charge in [-0.05, 0) is 184 Å². The molecule has 552 valence electrons. The Balaban J connectivity index is 0.000000289. The van der Waals surface area contributed by atoms with Crippen LogP contribution in [0.4, 0.5) is 62.3 Å². The number of aryl methyl sites for hydroxylation is 4. The van der Waals surface area contributed by atoms with Crippen molar-refractivity contribution in [2.45, 2.75) is 98.6 Å². The minimum absolute atomic E-state index is 0. The predicted molar refractivity (Wildman–Crippen MR) is 383 cm³/mol. The third-order valence-corrected chi connectivity index (χ3v) is 15.8. The first-order valence-electron chi connectivity index (χ1n) is 31.7. The highest BCUT2D eigenvalue weighted by Gasteiger charge is 2.35. The van der Waals surface area contributed by atoms with Crippen molar-refractivity contribution in [3.05, 3.63) is 194 Å². The van der Waals surface area contributed by atoms with E-state index in [0.717, 1.165) is 48.2 Å². The van der Waals surface area contributed by atoms with Crippen molar-refractivity contribution in [1.82, 2.24) is 24.8 Å². The number of anilines is 4. The molecule has 4 amide bonds. The van der Waals surface area contributed by atoms with Crippen LogP contribution in [0.2, 0.25) is 0 Å².